The fourth-order valence-corrected chi connectivity index (χ4v) is 3.03. The number of rotatable bonds is 6. The van der Waals surface area contributed by atoms with E-state index in [9.17, 15) is 4.79 Å². The molecule has 0 unspecified atom stereocenters. The zero-order valence-electron chi connectivity index (χ0n) is 13.4. The fourth-order valence-electron chi connectivity index (χ4n) is 2.90. The summed E-state index contributed by atoms with van der Waals surface area (Å²) in [5.74, 6) is 0.332. The molecule has 0 radical (unpaired) electrons. The lowest BCUT2D eigenvalue weighted by atomic mass is 9.86. The van der Waals surface area contributed by atoms with Gasteiger partial charge in [-0.3, -0.25) is 4.79 Å². The zero-order valence-corrected chi connectivity index (χ0v) is 14.1. The molecule has 0 aliphatic rings. The molecule has 1 nitrogen and oxygen atoms in total. The van der Waals surface area contributed by atoms with Crippen LogP contribution in [-0.2, 0) is 6.42 Å². The fraction of sp³-hybridized carbons (Fsp3) is 0.136. The molecule has 0 bridgehead atoms. The number of halogens is 1. The Morgan fingerprint density at radius 1 is 0.792 bits per heavy atom. The van der Waals surface area contributed by atoms with Gasteiger partial charge < -0.3 is 0 Å². The number of hydrogen-bond donors (Lipinski definition) is 0. The molecule has 0 aliphatic heterocycles. The highest BCUT2D eigenvalue weighted by Crippen LogP contribution is 2.26. The molecule has 2 heteroatoms. The average Bonchev–Trinajstić information content (AvgIpc) is 2.64. The topological polar surface area (TPSA) is 17.1 Å². The van der Waals surface area contributed by atoms with Gasteiger partial charge in [-0.1, -0.05) is 84.4 Å². The smallest absolute Gasteiger partial charge is 0.163 e. The van der Waals surface area contributed by atoms with Crippen molar-refractivity contribution in [2.24, 2.45) is 0 Å². The highest BCUT2D eigenvalue weighted by atomic mass is 35.5. The Bertz CT molecular complexity index is 779. The van der Waals surface area contributed by atoms with Crippen LogP contribution in [0.1, 0.15) is 33.8 Å². The van der Waals surface area contributed by atoms with Crippen molar-refractivity contribution in [3.63, 3.8) is 0 Å². The monoisotopic (exact) mass is 334 g/mol. The van der Waals surface area contributed by atoms with E-state index in [0.717, 1.165) is 17.0 Å². The van der Waals surface area contributed by atoms with Crippen molar-refractivity contribution in [3.05, 3.63) is 107 Å². The van der Waals surface area contributed by atoms with Crippen LogP contribution in [0.3, 0.4) is 0 Å². The lowest BCUT2D eigenvalue weighted by molar-refractivity contribution is 0.0973. The maximum Gasteiger partial charge on any atom is 0.163 e. The van der Waals surface area contributed by atoms with Gasteiger partial charge in [-0.2, -0.15) is 0 Å². The first-order valence-corrected chi connectivity index (χ1v) is 8.48. The van der Waals surface area contributed by atoms with E-state index in [1.165, 1.54) is 11.1 Å². The van der Waals surface area contributed by atoms with Crippen LogP contribution in [0.4, 0.5) is 0 Å². The van der Waals surface area contributed by atoms with Gasteiger partial charge in [-0.25, -0.2) is 0 Å². The minimum Gasteiger partial charge on any atom is -0.294 e. The number of carbonyl (C=O) groups excluding carboxylic acids is 1. The van der Waals surface area contributed by atoms with E-state index in [-0.39, 0.29) is 11.7 Å². The second-order valence-electron chi connectivity index (χ2n) is 5.93. The van der Waals surface area contributed by atoms with Gasteiger partial charge in [0.2, 0.25) is 0 Å². The highest BCUT2D eigenvalue weighted by Gasteiger charge is 2.17. The molecule has 0 saturated heterocycles. The van der Waals surface area contributed by atoms with Crippen molar-refractivity contribution in [1.29, 1.82) is 0 Å². The first-order valence-electron chi connectivity index (χ1n) is 8.10. The number of hydrogen-bond acceptors (Lipinski definition) is 1. The van der Waals surface area contributed by atoms with E-state index in [2.05, 4.69) is 12.1 Å². The molecule has 3 rings (SSSR count). The first kappa shape index (κ1) is 16.5. The molecule has 0 heterocycles. The third-order valence-electron chi connectivity index (χ3n) is 4.19. The summed E-state index contributed by atoms with van der Waals surface area (Å²) >= 11 is 5.98. The van der Waals surface area contributed by atoms with Gasteiger partial charge in [0.05, 0.1) is 0 Å². The Morgan fingerprint density at radius 2 is 1.38 bits per heavy atom. The molecular weight excluding hydrogens is 316 g/mol. The van der Waals surface area contributed by atoms with Gasteiger partial charge in [-0.15, -0.1) is 0 Å². The number of ketones is 1. The summed E-state index contributed by atoms with van der Waals surface area (Å²) in [5, 5.41) is 0.732. The third kappa shape index (κ3) is 4.33. The van der Waals surface area contributed by atoms with Crippen LogP contribution in [0.2, 0.25) is 5.02 Å². The van der Waals surface area contributed by atoms with Crippen LogP contribution in [-0.4, -0.2) is 5.78 Å². The predicted octanol–water partition coefficient (Wildman–Crippen LogP) is 5.94. The van der Waals surface area contributed by atoms with Crippen molar-refractivity contribution in [3.8, 4) is 0 Å². The average molecular weight is 335 g/mol. The summed E-state index contributed by atoms with van der Waals surface area (Å²) in [4.78, 5) is 12.7. The van der Waals surface area contributed by atoms with E-state index in [1.54, 1.807) is 0 Å². The van der Waals surface area contributed by atoms with E-state index >= 15 is 0 Å². The summed E-state index contributed by atoms with van der Waals surface area (Å²) in [5.41, 5.74) is 3.15. The third-order valence-corrected chi connectivity index (χ3v) is 4.45. The quantitative estimate of drug-likeness (QED) is 0.510. The maximum absolute atomic E-state index is 12.7. The van der Waals surface area contributed by atoms with Crippen molar-refractivity contribution >= 4 is 17.4 Å². The molecule has 0 amide bonds. The molecule has 0 aliphatic carbocycles. The summed E-state index contributed by atoms with van der Waals surface area (Å²) < 4.78 is 0. The summed E-state index contributed by atoms with van der Waals surface area (Å²) in [7, 11) is 0. The molecule has 120 valence electrons. The van der Waals surface area contributed by atoms with Crippen molar-refractivity contribution < 1.29 is 4.79 Å². The lowest BCUT2D eigenvalue weighted by Crippen LogP contribution is -2.10. The minimum atomic E-state index is 0.153. The zero-order chi connectivity index (χ0) is 16.8. The molecule has 0 spiro atoms. The Kier molecular flexibility index (Phi) is 5.45. The molecular formula is C22H19ClO. The van der Waals surface area contributed by atoms with Gasteiger partial charge in [0, 0.05) is 17.0 Å². The van der Waals surface area contributed by atoms with Crippen LogP contribution in [0, 0.1) is 0 Å². The Morgan fingerprint density at radius 3 is 2.00 bits per heavy atom. The molecule has 1 atom stereocenters. The van der Waals surface area contributed by atoms with Crippen LogP contribution in [0.25, 0.3) is 0 Å². The SMILES string of the molecule is O=C(C[C@@H](Cc1ccc(Cl)cc1)c1ccccc1)c1ccccc1. The van der Waals surface area contributed by atoms with Crippen molar-refractivity contribution in [2.45, 2.75) is 18.8 Å². The minimum absolute atomic E-state index is 0.153. The number of benzene rings is 3. The molecule has 24 heavy (non-hydrogen) atoms. The maximum atomic E-state index is 12.7. The largest absolute Gasteiger partial charge is 0.294 e. The first-order chi connectivity index (χ1) is 11.7. The summed E-state index contributed by atoms with van der Waals surface area (Å²) in [6, 6.07) is 27.6. The predicted molar refractivity (Wildman–Crippen MR) is 99.7 cm³/mol. The van der Waals surface area contributed by atoms with E-state index in [4.69, 9.17) is 11.6 Å². The summed E-state index contributed by atoms with van der Waals surface area (Å²) in [6.07, 6.45) is 1.32. The molecule has 0 aromatic heterocycles. The van der Waals surface area contributed by atoms with Crippen LogP contribution in [0.5, 0.6) is 0 Å². The molecule has 0 saturated carbocycles. The normalized spacial score (nSPS) is 11.9. The summed E-state index contributed by atoms with van der Waals surface area (Å²) in [6.45, 7) is 0. The van der Waals surface area contributed by atoms with Crippen molar-refractivity contribution in [2.75, 3.05) is 0 Å². The Labute approximate surface area is 147 Å². The standard InChI is InChI=1S/C22H19ClO/c23-21-13-11-17(12-14-21)15-20(18-7-3-1-4-8-18)16-22(24)19-9-5-2-6-10-19/h1-14,20H,15-16H2/t20-/m1/s1. The van der Waals surface area contributed by atoms with Crippen LogP contribution < -0.4 is 0 Å². The van der Waals surface area contributed by atoms with Gasteiger partial charge >= 0.3 is 0 Å². The van der Waals surface area contributed by atoms with Crippen LogP contribution in [0.15, 0.2) is 84.9 Å². The lowest BCUT2D eigenvalue weighted by Gasteiger charge is -2.17. The van der Waals surface area contributed by atoms with E-state index in [1.807, 2.05) is 72.8 Å². The number of Topliss-reactive ketones (excluding diaryl/α,β-unsaturated/α-hetero) is 1. The molecule has 3 aromatic rings. The van der Waals surface area contributed by atoms with E-state index < -0.39 is 0 Å². The molecule has 0 fully saturated rings. The van der Waals surface area contributed by atoms with E-state index in [0.29, 0.717) is 6.42 Å². The van der Waals surface area contributed by atoms with Crippen LogP contribution >= 0.6 is 11.6 Å². The Balaban J connectivity index is 1.82. The molecule has 3 aromatic carbocycles. The van der Waals surface area contributed by atoms with Gasteiger partial charge in [0.15, 0.2) is 5.78 Å². The second kappa shape index (κ2) is 7.94. The highest BCUT2D eigenvalue weighted by molar-refractivity contribution is 6.30. The van der Waals surface area contributed by atoms with Gasteiger partial charge in [0.1, 0.15) is 0 Å². The Hall–Kier alpha value is -2.38. The molecule has 0 N–H and O–H groups in total. The second-order valence-corrected chi connectivity index (χ2v) is 6.37. The van der Waals surface area contributed by atoms with Gasteiger partial charge in [0.25, 0.3) is 0 Å². The number of carbonyl (C=O) groups is 1. The van der Waals surface area contributed by atoms with Gasteiger partial charge in [-0.05, 0) is 35.6 Å². The van der Waals surface area contributed by atoms with Crippen molar-refractivity contribution in [1.82, 2.24) is 0 Å².